The molecule has 0 bridgehead atoms. The first-order valence-corrected chi connectivity index (χ1v) is 8.48. The van der Waals surface area contributed by atoms with Crippen LogP contribution < -0.4 is 0 Å². The second-order valence-corrected chi connectivity index (χ2v) is 7.23. The van der Waals surface area contributed by atoms with Crippen molar-refractivity contribution in [3.05, 3.63) is 23.3 Å². The van der Waals surface area contributed by atoms with Crippen molar-refractivity contribution in [3.63, 3.8) is 0 Å². The van der Waals surface area contributed by atoms with Crippen LogP contribution in [-0.4, -0.2) is 30.2 Å². The zero-order valence-corrected chi connectivity index (χ0v) is 15.2. The van der Waals surface area contributed by atoms with Gasteiger partial charge in [0.25, 0.3) is 0 Å². The maximum atomic E-state index is 12.0. The molecule has 22 heavy (non-hydrogen) atoms. The van der Waals surface area contributed by atoms with Gasteiger partial charge in [-0.25, -0.2) is 0 Å². The number of nitrogens with zero attached hydrogens (tertiary/aromatic N) is 1. The van der Waals surface area contributed by atoms with Gasteiger partial charge in [-0.05, 0) is 40.0 Å². The van der Waals surface area contributed by atoms with Gasteiger partial charge in [0.15, 0.2) is 0 Å². The molecule has 0 spiro atoms. The maximum absolute atomic E-state index is 12.0. The fourth-order valence-corrected chi connectivity index (χ4v) is 2.80. The van der Waals surface area contributed by atoms with Gasteiger partial charge in [-0.2, -0.15) is 0 Å². The van der Waals surface area contributed by atoms with Crippen LogP contribution in [0.5, 0.6) is 0 Å². The van der Waals surface area contributed by atoms with Crippen molar-refractivity contribution in [2.24, 2.45) is 5.41 Å². The lowest BCUT2D eigenvalue weighted by Crippen LogP contribution is -2.44. The van der Waals surface area contributed by atoms with Crippen LogP contribution in [0.2, 0.25) is 0 Å². The Morgan fingerprint density at radius 2 is 1.95 bits per heavy atom. The highest BCUT2D eigenvalue weighted by Gasteiger charge is 2.39. The Bertz CT molecular complexity index is 431. The van der Waals surface area contributed by atoms with Gasteiger partial charge in [0, 0.05) is 18.4 Å². The molecule has 1 saturated heterocycles. The van der Waals surface area contributed by atoms with Crippen LogP contribution in [-0.2, 0) is 9.53 Å². The molecular weight excluding hydrogens is 274 g/mol. The number of rotatable bonds is 7. The molecule has 0 radical (unpaired) electrons. The fraction of sp³-hybridized carbons (Fsp3) is 0.737. The summed E-state index contributed by atoms with van der Waals surface area (Å²) < 4.78 is 5.86. The molecule has 0 aliphatic carbocycles. The van der Waals surface area contributed by atoms with Crippen LogP contribution in [0.15, 0.2) is 23.3 Å². The summed E-state index contributed by atoms with van der Waals surface area (Å²) in [7, 11) is 0. The number of hydrogen-bond acceptors (Lipinski definition) is 2. The van der Waals surface area contributed by atoms with E-state index in [1.807, 2.05) is 11.8 Å². The van der Waals surface area contributed by atoms with E-state index in [1.54, 1.807) is 0 Å². The lowest BCUT2D eigenvalue weighted by molar-refractivity contribution is -0.142. The molecular formula is C19H33NO2. The highest BCUT2D eigenvalue weighted by Crippen LogP contribution is 2.34. The van der Waals surface area contributed by atoms with Crippen LogP contribution in [0, 0.1) is 5.41 Å². The van der Waals surface area contributed by atoms with Gasteiger partial charge in [0.05, 0.1) is 6.61 Å². The summed E-state index contributed by atoms with van der Waals surface area (Å²) in [4.78, 5) is 13.9. The van der Waals surface area contributed by atoms with Gasteiger partial charge in [-0.15, -0.1) is 0 Å². The predicted octanol–water partition coefficient (Wildman–Crippen LogP) is 4.69. The lowest BCUT2D eigenvalue weighted by Gasteiger charge is -2.36. The molecule has 1 fully saturated rings. The van der Waals surface area contributed by atoms with Crippen molar-refractivity contribution in [2.75, 3.05) is 13.2 Å². The molecule has 1 unspecified atom stereocenters. The minimum Gasteiger partial charge on any atom is -0.356 e. The molecule has 1 aliphatic rings. The number of hydrogen-bond donors (Lipinski definition) is 0. The minimum absolute atomic E-state index is 0.0564. The number of ether oxygens (including phenoxy) is 1. The molecule has 0 aromatic rings. The predicted molar refractivity (Wildman–Crippen MR) is 92.6 cm³/mol. The van der Waals surface area contributed by atoms with E-state index in [0.29, 0.717) is 13.0 Å². The highest BCUT2D eigenvalue weighted by atomic mass is 16.5. The van der Waals surface area contributed by atoms with Crippen LogP contribution in [0.25, 0.3) is 0 Å². The first-order valence-electron chi connectivity index (χ1n) is 8.48. The molecule has 1 heterocycles. The molecule has 126 valence electrons. The molecule has 0 aromatic carbocycles. The Labute approximate surface area is 136 Å². The van der Waals surface area contributed by atoms with Crippen molar-refractivity contribution >= 4 is 5.91 Å². The second kappa shape index (κ2) is 8.52. The third-order valence-corrected chi connectivity index (χ3v) is 4.25. The Hall–Kier alpha value is -1.09. The second-order valence-electron chi connectivity index (χ2n) is 7.23. The zero-order chi connectivity index (χ0) is 16.8. The van der Waals surface area contributed by atoms with Gasteiger partial charge >= 0.3 is 0 Å². The Kier molecular flexibility index (Phi) is 7.34. The van der Waals surface area contributed by atoms with Crippen molar-refractivity contribution in [3.8, 4) is 0 Å². The summed E-state index contributed by atoms with van der Waals surface area (Å²) in [5.41, 5.74) is 2.73. The maximum Gasteiger partial charge on any atom is 0.224 e. The van der Waals surface area contributed by atoms with Crippen LogP contribution >= 0.6 is 0 Å². The summed E-state index contributed by atoms with van der Waals surface area (Å²) in [5.74, 6) is 0.194. The van der Waals surface area contributed by atoms with E-state index in [2.05, 4.69) is 46.8 Å². The number of carbonyl (C=O) groups excluding carboxylic acids is 1. The van der Waals surface area contributed by atoms with Gasteiger partial charge in [0.1, 0.15) is 6.23 Å². The van der Waals surface area contributed by atoms with Gasteiger partial charge in [-0.1, -0.05) is 44.1 Å². The van der Waals surface area contributed by atoms with E-state index in [4.69, 9.17) is 4.74 Å². The monoisotopic (exact) mass is 307 g/mol. The van der Waals surface area contributed by atoms with E-state index in [0.717, 1.165) is 25.8 Å². The molecule has 0 aromatic heterocycles. The van der Waals surface area contributed by atoms with Crippen molar-refractivity contribution in [1.82, 2.24) is 4.90 Å². The summed E-state index contributed by atoms with van der Waals surface area (Å²) in [6, 6.07) is 0. The largest absolute Gasteiger partial charge is 0.356 e. The van der Waals surface area contributed by atoms with E-state index >= 15 is 0 Å². The molecule has 1 atom stereocenters. The Morgan fingerprint density at radius 1 is 1.27 bits per heavy atom. The van der Waals surface area contributed by atoms with Crippen molar-refractivity contribution < 1.29 is 9.53 Å². The van der Waals surface area contributed by atoms with E-state index in [-0.39, 0.29) is 17.6 Å². The lowest BCUT2D eigenvalue weighted by atomic mass is 9.85. The first-order chi connectivity index (χ1) is 10.3. The number of carbonyl (C=O) groups is 1. The highest BCUT2D eigenvalue weighted by molar-refractivity contribution is 5.76. The van der Waals surface area contributed by atoms with Gasteiger partial charge in [0.2, 0.25) is 5.91 Å². The van der Waals surface area contributed by atoms with Crippen molar-refractivity contribution in [1.29, 1.82) is 0 Å². The van der Waals surface area contributed by atoms with Crippen LogP contribution in [0.3, 0.4) is 0 Å². The molecule has 1 amide bonds. The molecule has 3 nitrogen and oxygen atoms in total. The fourth-order valence-electron chi connectivity index (χ4n) is 2.80. The summed E-state index contributed by atoms with van der Waals surface area (Å²) in [5, 5.41) is 0. The smallest absolute Gasteiger partial charge is 0.224 e. The standard InChI is InChI=1S/C19H33NO2/c1-7-17(21)20-13-14-22-18(20)19(5,6)12-11-16(4)10-8-9-15(2)3/h9,11,18H,7-8,10,12-14H2,1-6H3/b16-11+. The summed E-state index contributed by atoms with van der Waals surface area (Å²) >= 11 is 0. The molecule has 0 N–H and O–H groups in total. The van der Waals surface area contributed by atoms with Crippen molar-refractivity contribution in [2.45, 2.75) is 73.5 Å². The molecule has 3 heteroatoms. The third kappa shape index (κ3) is 5.60. The SMILES string of the molecule is CCC(=O)N1CCOC1C(C)(C)C/C=C(\C)CCC=C(C)C. The molecule has 0 saturated carbocycles. The average Bonchev–Trinajstić information content (AvgIpc) is 2.94. The van der Waals surface area contributed by atoms with E-state index < -0.39 is 0 Å². The van der Waals surface area contributed by atoms with Crippen LogP contribution in [0.1, 0.15) is 67.2 Å². The topological polar surface area (TPSA) is 29.5 Å². The Morgan fingerprint density at radius 3 is 2.55 bits per heavy atom. The average molecular weight is 307 g/mol. The number of allylic oxidation sites excluding steroid dienone is 4. The number of amides is 1. The quantitative estimate of drug-likeness (QED) is 0.639. The molecule has 1 rings (SSSR count). The van der Waals surface area contributed by atoms with Gasteiger partial charge < -0.3 is 9.64 Å². The van der Waals surface area contributed by atoms with Gasteiger partial charge in [-0.3, -0.25) is 4.79 Å². The first kappa shape index (κ1) is 19.0. The normalized spacial score (nSPS) is 19.5. The van der Waals surface area contributed by atoms with Crippen LogP contribution in [0.4, 0.5) is 0 Å². The van der Waals surface area contributed by atoms with E-state index in [9.17, 15) is 4.79 Å². The minimum atomic E-state index is -0.0956. The zero-order valence-electron chi connectivity index (χ0n) is 15.2. The summed E-state index contributed by atoms with van der Waals surface area (Å²) in [6.45, 7) is 14.2. The molecule has 1 aliphatic heterocycles. The summed E-state index contributed by atoms with van der Waals surface area (Å²) in [6.07, 6.45) is 8.19. The Balaban J connectivity index is 2.62. The van der Waals surface area contributed by atoms with E-state index in [1.165, 1.54) is 11.1 Å². The third-order valence-electron chi connectivity index (χ3n) is 4.25.